The molecule has 0 bridgehead atoms. The summed E-state index contributed by atoms with van der Waals surface area (Å²) in [5.74, 6) is 0.488. The zero-order valence-electron chi connectivity index (χ0n) is 14.4. The molecule has 3 rings (SSSR count). The Labute approximate surface area is 143 Å². The standard InChI is InChI=1S/C19H27N3O2/c1-14-11-15(8-9-20-14)19(24)21-12-16-5-2-3-6-17(16)13-22-10-4-7-18(22)23/h2-3,5-6,14-15,20H,4,7-13H2,1H3,(H,21,24)/t14-,15-/m0/s1. The van der Waals surface area contributed by atoms with Gasteiger partial charge in [0.15, 0.2) is 0 Å². The number of piperidine rings is 1. The van der Waals surface area contributed by atoms with Crippen molar-refractivity contribution in [2.75, 3.05) is 13.1 Å². The zero-order chi connectivity index (χ0) is 16.9. The minimum atomic E-state index is 0.105. The number of amides is 2. The molecule has 2 heterocycles. The van der Waals surface area contributed by atoms with Crippen molar-refractivity contribution in [2.24, 2.45) is 5.92 Å². The fourth-order valence-corrected chi connectivity index (χ4v) is 3.66. The molecule has 130 valence electrons. The first-order valence-corrected chi connectivity index (χ1v) is 8.99. The lowest BCUT2D eigenvalue weighted by atomic mass is 9.92. The van der Waals surface area contributed by atoms with Crippen LogP contribution in [0.3, 0.4) is 0 Å². The molecule has 5 heteroatoms. The maximum absolute atomic E-state index is 12.4. The number of carbonyl (C=O) groups is 2. The van der Waals surface area contributed by atoms with Gasteiger partial charge >= 0.3 is 0 Å². The Bertz CT molecular complexity index is 602. The van der Waals surface area contributed by atoms with E-state index in [1.807, 2.05) is 23.1 Å². The van der Waals surface area contributed by atoms with Crippen LogP contribution in [0.15, 0.2) is 24.3 Å². The summed E-state index contributed by atoms with van der Waals surface area (Å²) >= 11 is 0. The number of benzene rings is 1. The van der Waals surface area contributed by atoms with Crippen molar-refractivity contribution >= 4 is 11.8 Å². The highest BCUT2D eigenvalue weighted by Gasteiger charge is 2.25. The third-order valence-electron chi connectivity index (χ3n) is 5.10. The van der Waals surface area contributed by atoms with Gasteiger partial charge in [-0.1, -0.05) is 24.3 Å². The monoisotopic (exact) mass is 329 g/mol. The smallest absolute Gasteiger partial charge is 0.223 e. The van der Waals surface area contributed by atoms with Crippen molar-refractivity contribution in [3.05, 3.63) is 35.4 Å². The average molecular weight is 329 g/mol. The van der Waals surface area contributed by atoms with E-state index in [1.165, 1.54) is 0 Å². The minimum absolute atomic E-state index is 0.105. The van der Waals surface area contributed by atoms with Crippen LogP contribution >= 0.6 is 0 Å². The second-order valence-electron chi connectivity index (χ2n) is 6.98. The van der Waals surface area contributed by atoms with Crippen LogP contribution in [0.25, 0.3) is 0 Å². The topological polar surface area (TPSA) is 61.4 Å². The van der Waals surface area contributed by atoms with Crippen LogP contribution in [0.2, 0.25) is 0 Å². The quantitative estimate of drug-likeness (QED) is 0.866. The summed E-state index contributed by atoms with van der Waals surface area (Å²) < 4.78 is 0. The van der Waals surface area contributed by atoms with Gasteiger partial charge in [0.05, 0.1) is 0 Å². The fraction of sp³-hybridized carbons (Fsp3) is 0.579. The Hall–Kier alpha value is -1.88. The highest BCUT2D eigenvalue weighted by Crippen LogP contribution is 2.19. The highest BCUT2D eigenvalue weighted by molar-refractivity contribution is 5.79. The van der Waals surface area contributed by atoms with Crippen molar-refractivity contribution in [3.8, 4) is 0 Å². The third kappa shape index (κ3) is 4.15. The second kappa shape index (κ2) is 7.79. The first-order valence-electron chi connectivity index (χ1n) is 8.99. The molecule has 2 aliphatic rings. The van der Waals surface area contributed by atoms with Crippen molar-refractivity contribution in [1.82, 2.24) is 15.5 Å². The second-order valence-corrected chi connectivity index (χ2v) is 6.98. The van der Waals surface area contributed by atoms with Crippen LogP contribution in [0.4, 0.5) is 0 Å². The average Bonchev–Trinajstić information content (AvgIpc) is 2.99. The predicted molar refractivity (Wildman–Crippen MR) is 93.1 cm³/mol. The van der Waals surface area contributed by atoms with Gasteiger partial charge in [0.2, 0.25) is 11.8 Å². The number of likely N-dealkylation sites (tertiary alicyclic amines) is 1. The summed E-state index contributed by atoms with van der Waals surface area (Å²) in [5.41, 5.74) is 2.24. The highest BCUT2D eigenvalue weighted by atomic mass is 16.2. The van der Waals surface area contributed by atoms with Gasteiger partial charge in [-0.2, -0.15) is 0 Å². The molecule has 1 aromatic rings. The van der Waals surface area contributed by atoms with Crippen LogP contribution < -0.4 is 10.6 Å². The Morgan fingerprint density at radius 1 is 1.33 bits per heavy atom. The Balaban J connectivity index is 1.58. The maximum Gasteiger partial charge on any atom is 0.223 e. The third-order valence-corrected chi connectivity index (χ3v) is 5.10. The molecule has 2 atom stereocenters. The SMILES string of the molecule is C[C@H]1C[C@@H](C(=O)NCc2ccccc2CN2CCCC2=O)CCN1. The lowest BCUT2D eigenvalue weighted by Gasteiger charge is -2.27. The predicted octanol–water partition coefficient (Wildman–Crippen LogP) is 1.81. The molecule has 2 aliphatic heterocycles. The fourth-order valence-electron chi connectivity index (χ4n) is 3.66. The Kier molecular flexibility index (Phi) is 5.51. The minimum Gasteiger partial charge on any atom is -0.352 e. The van der Waals surface area contributed by atoms with Gasteiger partial charge in [-0.05, 0) is 43.9 Å². The number of hydrogen-bond donors (Lipinski definition) is 2. The molecule has 2 amide bonds. The zero-order valence-corrected chi connectivity index (χ0v) is 14.4. The van der Waals surface area contributed by atoms with Crippen LogP contribution in [-0.2, 0) is 22.7 Å². The number of nitrogens with one attached hydrogen (secondary N) is 2. The summed E-state index contributed by atoms with van der Waals surface area (Å²) in [5, 5.41) is 6.47. The number of rotatable bonds is 5. The lowest BCUT2D eigenvalue weighted by Crippen LogP contribution is -2.42. The summed E-state index contributed by atoms with van der Waals surface area (Å²) in [4.78, 5) is 26.2. The van der Waals surface area contributed by atoms with E-state index in [1.54, 1.807) is 0 Å². The first kappa shape index (κ1) is 17.0. The molecular weight excluding hydrogens is 302 g/mol. The molecule has 2 saturated heterocycles. The van der Waals surface area contributed by atoms with Crippen LogP contribution in [0.5, 0.6) is 0 Å². The van der Waals surface area contributed by atoms with Gasteiger partial charge in [0.1, 0.15) is 0 Å². The number of hydrogen-bond acceptors (Lipinski definition) is 3. The maximum atomic E-state index is 12.4. The molecule has 0 saturated carbocycles. The Morgan fingerprint density at radius 2 is 2.12 bits per heavy atom. The van der Waals surface area contributed by atoms with E-state index in [0.717, 1.165) is 43.5 Å². The van der Waals surface area contributed by atoms with E-state index in [4.69, 9.17) is 0 Å². The van der Waals surface area contributed by atoms with Gasteiger partial charge in [0.25, 0.3) is 0 Å². The van der Waals surface area contributed by atoms with Gasteiger partial charge in [-0.15, -0.1) is 0 Å². The molecule has 0 aromatic heterocycles. The van der Waals surface area contributed by atoms with E-state index in [2.05, 4.69) is 23.6 Å². The molecule has 0 radical (unpaired) electrons. The van der Waals surface area contributed by atoms with Gasteiger partial charge in [-0.25, -0.2) is 0 Å². The van der Waals surface area contributed by atoms with Gasteiger partial charge in [-0.3, -0.25) is 9.59 Å². The Morgan fingerprint density at radius 3 is 2.83 bits per heavy atom. The number of nitrogens with zero attached hydrogens (tertiary/aromatic N) is 1. The van der Waals surface area contributed by atoms with Gasteiger partial charge in [0, 0.05) is 38.0 Å². The molecule has 5 nitrogen and oxygen atoms in total. The summed E-state index contributed by atoms with van der Waals surface area (Å²) in [6, 6.07) is 8.49. The molecule has 0 spiro atoms. The summed E-state index contributed by atoms with van der Waals surface area (Å²) in [6.45, 7) is 5.06. The number of carbonyl (C=O) groups excluding carboxylic acids is 2. The van der Waals surface area contributed by atoms with Crippen molar-refractivity contribution < 1.29 is 9.59 Å². The van der Waals surface area contributed by atoms with E-state index >= 15 is 0 Å². The van der Waals surface area contributed by atoms with Crippen LogP contribution in [-0.4, -0.2) is 35.8 Å². The largest absolute Gasteiger partial charge is 0.352 e. The molecule has 0 unspecified atom stereocenters. The molecular formula is C19H27N3O2. The molecule has 0 aliphatic carbocycles. The van der Waals surface area contributed by atoms with E-state index < -0.39 is 0 Å². The van der Waals surface area contributed by atoms with Crippen molar-refractivity contribution in [3.63, 3.8) is 0 Å². The first-order chi connectivity index (χ1) is 11.6. The van der Waals surface area contributed by atoms with Crippen LogP contribution in [0, 0.1) is 5.92 Å². The van der Waals surface area contributed by atoms with Crippen LogP contribution in [0.1, 0.15) is 43.7 Å². The van der Waals surface area contributed by atoms with Gasteiger partial charge < -0.3 is 15.5 Å². The summed E-state index contributed by atoms with van der Waals surface area (Å²) in [7, 11) is 0. The van der Waals surface area contributed by atoms with E-state index in [9.17, 15) is 9.59 Å². The van der Waals surface area contributed by atoms with Crippen molar-refractivity contribution in [2.45, 2.75) is 51.7 Å². The molecule has 2 N–H and O–H groups in total. The molecule has 2 fully saturated rings. The van der Waals surface area contributed by atoms with E-state index in [-0.39, 0.29) is 17.7 Å². The van der Waals surface area contributed by atoms with E-state index in [0.29, 0.717) is 25.6 Å². The normalized spacial score (nSPS) is 24.2. The van der Waals surface area contributed by atoms with Crippen molar-refractivity contribution in [1.29, 1.82) is 0 Å². The molecule has 24 heavy (non-hydrogen) atoms. The summed E-state index contributed by atoms with van der Waals surface area (Å²) in [6.07, 6.45) is 3.41. The lowest BCUT2D eigenvalue weighted by molar-refractivity contribution is -0.128. The molecule has 1 aromatic carbocycles.